The number of piperazine rings is 1. The molecule has 0 aromatic carbocycles. The van der Waals surface area contributed by atoms with Gasteiger partial charge in [0.25, 0.3) is 0 Å². The highest BCUT2D eigenvalue weighted by molar-refractivity contribution is 5.80. The van der Waals surface area contributed by atoms with Gasteiger partial charge in [0.05, 0.1) is 12.7 Å². The number of nitrogens with zero attached hydrogens (tertiary/aromatic N) is 1. The van der Waals surface area contributed by atoms with E-state index in [1.165, 1.54) is 0 Å². The molecule has 1 aliphatic rings. The normalized spacial score (nSPS) is 26.0. The van der Waals surface area contributed by atoms with Gasteiger partial charge in [0.2, 0.25) is 5.91 Å². The van der Waals surface area contributed by atoms with Crippen LogP contribution in [0.1, 0.15) is 0 Å². The Morgan fingerprint density at radius 2 is 2.43 bits per heavy atom. The Labute approximate surface area is 82.7 Å². The number of carbonyl (C=O) groups is 1. The summed E-state index contributed by atoms with van der Waals surface area (Å²) in [5.74, 6) is -0.401. The molecule has 6 heteroatoms. The van der Waals surface area contributed by atoms with Crippen molar-refractivity contribution in [2.45, 2.75) is 12.1 Å². The first-order valence-corrected chi connectivity index (χ1v) is 4.68. The predicted octanol–water partition coefficient (Wildman–Crippen LogP) is -2.90. The third-order valence-electron chi connectivity index (χ3n) is 2.34. The summed E-state index contributed by atoms with van der Waals surface area (Å²) in [7, 11) is 0. The molecular weight excluding hydrogens is 186 g/mol. The molecule has 5 N–H and O–H groups in total. The number of hydrogen-bond donors (Lipinski definition) is 4. The van der Waals surface area contributed by atoms with Crippen LogP contribution in [0.2, 0.25) is 0 Å². The molecule has 1 heterocycles. The highest BCUT2D eigenvalue weighted by atomic mass is 16.3. The minimum Gasteiger partial charge on any atom is -0.394 e. The molecule has 0 bridgehead atoms. The first kappa shape index (κ1) is 11.4. The van der Waals surface area contributed by atoms with Crippen molar-refractivity contribution >= 4 is 5.91 Å². The standard InChI is InChI=1S/C8H17N3O3/c9-8(14)7-3-10-1-2-11(7)4-6(13)5-12/h6-7,10,12-13H,1-5H2,(H2,9,14). The van der Waals surface area contributed by atoms with Crippen LogP contribution < -0.4 is 11.1 Å². The van der Waals surface area contributed by atoms with E-state index in [1.54, 1.807) is 4.90 Å². The summed E-state index contributed by atoms with van der Waals surface area (Å²) >= 11 is 0. The summed E-state index contributed by atoms with van der Waals surface area (Å²) in [6.45, 7) is 1.92. The monoisotopic (exact) mass is 203 g/mol. The third kappa shape index (κ3) is 2.91. The molecule has 82 valence electrons. The Bertz CT molecular complexity index is 200. The lowest BCUT2D eigenvalue weighted by molar-refractivity contribution is -0.124. The summed E-state index contributed by atoms with van der Waals surface area (Å²) in [5, 5.41) is 21.0. The van der Waals surface area contributed by atoms with Crippen LogP contribution in [-0.4, -0.2) is 66.0 Å². The van der Waals surface area contributed by atoms with Crippen molar-refractivity contribution in [3.8, 4) is 0 Å². The number of hydrogen-bond acceptors (Lipinski definition) is 5. The molecule has 0 aromatic rings. The van der Waals surface area contributed by atoms with Crippen molar-refractivity contribution < 1.29 is 15.0 Å². The molecule has 0 aromatic heterocycles. The van der Waals surface area contributed by atoms with Gasteiger partial charge in [-0.25, -0.2) is 0 Å². The smallest absolute Gasteiger partial charge is 0.236 e. The second kappa shape index (κ2) is 5.26. The van der Waals surface area contributed by atoms with Gasteiger partial charge in [-0.05, 0) is 0 Å². The molecule has 0 spiro atoms. The Morgan fingerprint density at radius 3 is 3.00 bits per heavy atom. The number of carbonyl (C=O) groups excluding carboxylic acids is 1. The van der Waals surface area contributed by atoms with Gasteiger partial charge in [-0.1, -0.05) is 0 Å². The van der Waals surface area contributed by atoms with Gasteiger partial charge < -0.3 is 21.3 Å². The molecule has 2 atom stereocenters. The SMILES string of the molecule is NC(=O)C1CNCCN1CC(O)CO. The van der Waals surface area contributed by atoms with Crippen LogP contribution in [0.15, 0.2) is 0 Å². The van der Waals surface area contributed by atoms with Gasteiger partial charge in [-0.3, -0.25) is 9.69 Å². The molecule has 1 saturated heterocycles. The minimum absolute atomic E-state index is 0.284. The number of nitrogens with two attached hydrogens (primary N) is 1. The molecule has 14 heavy (non-hydrogen) atoms. The molecule has 1 rings (SSSR count). The average Bonchev–Trinajstić information content (AvgIpc) is 2.18. The number of rotatable bonds is 4. The summed E-state index contributed by atoms with van der Waals surface area (Å²) in [5.41, 5.74) is 5.21. The number of primary amides is 1. The van der Waals surface area contributed by atoms with Crippen LogP contribution in [0.4, 0.5) is 0 Å². The van der Waals surface area contributed by atoms with Crippen LogP contribution in [0.5, 0.6) is 0 Å². The van der Waals surface area contributed by atoms with E-state index in [0.29, 0.717) is 13.1 Å². The zero-order chi connectivity index (χ0) is 10.6. The van der Waals surface area contributed by atoms with Crippen LogP contribution in [-0.2, 0) is 4.79 Å². The van der Waals surface area contributed by atoms with E-state index in [1.807, 2.05) is 0 Å². The molecular formula is C8H17N3O3. The zero-order valence-electron chi connectivity index (χ0n) is 8.02. The van der Waals surface area contributed by atoms with Crippen molar-refractivity contribution in [3.05, 3.63) is 0 Å². The van der Waals surface area contributed by atoms with Crippen LogP contribution >= 0.6 is 0 Å². The average molecular weight is 203 g/mol. The van der Waals surface area contributed by atoms with Crippen molar-refractivity contribution in [3.63, 3.8) is 0 Å². The van der Waals surface area contributed by atoms with Gasteiger partial charge in [0.1, 0.15) is 6.04 Å². The van der Waals surface area contributed by atoms with E-state index in [4.69, 9.17) is 10.8 Å². The zero-order valence-corrected chi connectivity index (χ0v) is 8.02. The fraction of sp³-hybridized carbons (Fsp3) is 0.875. The topological polar surface area (TPSA) is 98.8 Å². The minimum atomic E-state index is -0.810. The quantitative estimate of drug-likeness (QED) is 0.393. The van der Waals surface area contributed by atoms with E-state index in [0.717, 1.165) is 6.54 Å². The van der Waals surface area contributed by atoms with Crippen LogP contribution in [0.25, 0.3) is 0 Å². The van der Waals surface area contributed by atoms with Crippen molar-refractivity contribution in [2.75, 3.05) is 32.8 Å². The van der Waals surface area contributed by atoms with E-state index in [-0.39, 0.29) is 19.2 Å². The number of β-amino-alcohol motifs (C(OH)–C–C–N with tert-alkyl or cyclic N) is 1. The lowest BCUT2D eigenvalue weighted by atomic mass is 10.1. The lowest BCUT2D eigenvalue weighted by Crippen LogP contribution is -2.58. The highest BCUT2D eigenvalue weighted by Crippen LogP contribution is 2.03. The lowest BCUT2D eigenvalue weighted by Gasteiger charge is -2.34. The molecule has 6 nitrogen and oxygen atoms in total. The van der Waals surface area contributed by atoms with Crippen molar-refractivity contribution in [1.82, 2.24) is 10.2 Å². The van der Waals surface area contributed by atoms with E-state index < -0.39 is 12.0 Å². The van der Waals surface area contributed by atoms with Gasteiger partial charge in [-0.15, -0.1) is 0 Å². The number of aliphatic hydroxyl groups excluding tert-OH is 2. The maximum Gasteiger partial charge on any atom is 0.236 e. The highest BCUT2D eigenvalue weighted by Gasteiger charge is 2.27. The molecule has 1 aliphatic heterocycles. The Balaban J connectivity index is 2.49. The van der Waals surface area contributed by atoms with Gasteiger partial charge >= 0.3 is 0 Å². The maximum absolute atomic E-state index is 11.0. The molecule has 0 saturated carbocycles. The maximum atomic E-state index is 11.0. The summed E-state index contributed by atoms with van der Waals surface area (Å²) in [4.78, 5) is 12.8. The number of nitrogens with one attached hydrogen (secondary N) is 1. The van der Waals surface area contributed by atoms with E-state index >= 15 is 0 Å². The molecule has 2 unspecified atom stereocenters. The van der Waals surface area contributed by atoms with E-state index in [9.17, 15) is 9.90 Å². The summed E-state index contributed by atoms with van der Waals surface area (Å²) in [6, 6.07) is -0.384. The fourth-order valence-electron chi connectivity index (χ4n) is 1.57. The number of amides is 1. The van der Waals surface area contributed by atoms with Crippen molar-refractivity contribution in [1.29, 1.82) is 0 Å². The largest absolute Gasteiger partial charge is 0.394 e. The van der Waals surface area contributed by atoms with Gasteiger partial charge in [0, 0.05) is 26.2 Å². The molecule has 0 aliphatic carbocycles. The summed E-state index contributed by atoms with van der Waals surface area (Å²) < 4.78 is 0. The molecule has 0 radical (unpaired) electrons. The third-order valence-corrected chi connectivity index (χ3v) is 2.34. The number of aliphatic hydroxyl groups is 2. The van der Waals surface area contributed by atoms with Crippen LogP contribution in [0, 0.1) is 0 Å². The Morgan fingerprint density at radius 1 is 1.71 bits per heavy atom. The second-order valence-electron chi connectivity index (χ2n) is 3.45. The molecule has 1 amide bonds. The van der Waals surface area contributed by atoms with Gasteiger partial charge in [0.15, 0.2) is 0 Å². The van der Waals surface area contributed by atoms with Crippen molar-refractivity contribution in [2.24, 2.45) is 5.73 Å². The second-order valence-corrected chi connectivity index (χ2v) is 3.45. The Hall–Kier alpha value is -0.690. The van der Waals surface area contributed by atoms with Gasteiger partial charge in [-0.2, -0.15) is 0 Å². The van der Waals surface area contributed by atoms with Crippen LogP contribution in [0.3, 0.4) is 0 Å². The summed E-state index contributed by atoms with van der Waals surface area (Å²) in [6.07, 6.45) is -0.810. The predicted molar refractivity (Wildman–Crippen MR) is 50.5 cm³/mol. The first-order chi connectivity index (χ1) is 6.65. The van der Waals surface area contributed by atoms with E-state index in [2.05, 4.69) is 5.32 Å². The fourth-order valence-corrected chi connectivity index (χ4v) is 1.57. The Kier molecular flexibility index (Phi) is 4.27. The first-order valence-electron chi connectivity index (χ1n) is 4.68. The molecule has 1 fully saturated rings.